The molecule has 114 valence electrons. The van der Waals surface area contributed by atoms with Gasteiger partial charge in [0, 0.05) is 29.8 Å². The molecule has 1 aromatic rings. The molecule has 0 radical (unpaired) electrons. The lowest BCUT2D eigenvalue weighted by Crippen LogP contribution is -2.22. The van der Waals surface area contributed by atoms with Gasteiger partial charge in [0.25, 0.3) is 0 Å². The fourth-order valence-electron chi connectivity index (χ4n) is 1.70. The Balaban J connectivity index is 2.43. The Morgan fingerprint density at radius 2 is 2.00 bits per heavy atom. The average Bonchev–Trinajstić information content (AvgIpc) is 2.42. The maximum absolute atomic E-state index is 6.04. The number of hydrogen-bond acceptors (Lipinski definition) is 3. The van der Waals surface area contributed by atoms with Gasteiger partial charge in [0.15, 0.2) is 0 Å². The van der Waals surface area contributed by atoms with Crippen LogP contribution in [0.5, 0.6) is 5.75 Å². The molecule has 0 heterocycles. The standard InChI is InChI=1S/C16H26ClNO2/c1-4-5-8-19-9-10-20-16-7-6-15(17)11-14(16)12-18-13(2)3/h6-7,11,13,18H,4-5,8-10,12H2,1-3H3. The number of halogens is 1. The molecule has 0 aliphatic heterocycles. The Bertz CT molecular complexity index is 383. The summed E-state index contributed by atoms with van der Waals surface area (Å²) in [6.07, 6.45) is 2.26. The number of nitrogens with one attached hydrogen (secondary N) is 1. The minimum atomic E-state index is 0.430. The third-order valence-electron chi connectivity index (χ3n) is 2.85. The third-order valence-corrected chi connectivity index (χ3v) is 3.09. The van der Waals surface area contributed by atoms with Gasteiger partial charge in [-0.2, -0.15) is 0 Å². The van der Waals surface area contributed by atoms with Crippen molar-refractivity contribution in [2.24, 2.45) is 0 Å². The van der Waals surface area contributed by atoms with Crippen molar-refractivity contribution >= 4 is 11.6 Å². The topological polar surface area (TPSA) is 30.5 Å². The summed E-state index contributed by atoms with van der Waals surface area (Å²) in [5, 5.41) is 4.11. The molecule has 0 aromatic heterocycles. The highest BCUT2D eigenvalue weighted by molar-refractivity contribution is 6.30. The van der Waals surface area contributed by atoms with E-state index in [2.05, 4.69) is 26.1 Å². The van der Waals surface area contributed by atoms with E-state index in [9.17, 15) is 0 Å². The lowest BCUT2D eigenvalue weighted by molar-refractivity contribution is 0.0977. The van der Waals surface area contributed by atoms with Crippen molar-refractivity contribution in [1.29, 1.82) is 0 Å². The third kappa shape index (κ3) is 7.13. The van der Waals surface area contributed by atoms with E-state index in [0.29, 0.717) is 19.3 Å². The van der Waals surface area contributed by atoms with Crippen LogP contribution >= 0.6 is 11.6 Å². The van der Waals surface area contributed by atoms with Gasteiger partial charge >= 0.3 is 0 Å². The van der Waals surface area contributed by atoms with Crippen LogP contribution in [0.15, 0.2) is 18.2 Å². The first-order valence-electron chi connectivity index (χ1n) is 7.35. The van der Waals surface area contributed by atoms with Gasteiger partial charge in [-0.1, -0.05) is 38.8 Å². The van der Waals surface area contributed by atoms with Crippen LogP contribution in [0.3, 0.4) is 0 Å². The summed E-state index contributed by atoms with van der Waals surface area (Å²) in [7, 11) is 0. The van der Waals surface area contributed by atoms with Gasteiger partial charge in [0.2, 0.25) is 0 Å². The Labute approximate surface area is 127 Å². The summed E-state index contributed by atoms with van der Waals surface area (Å²) in [6.45, 7) is 9.15. The molecule has 20 heavy (non-hydrogen) atoms. The van der Waals surface area contributed by atoms with E-state index in [1.807, 2.05) is 18.2 Å². The summed E-state index contributed by atoms with van der Waals surface area (Å²) >= 11 is 6.04. The van der Waals surface area contributed by atoms with Crippen LogP contribution in [0.4, 0.5) is 0 Å². The Morgan fingerprint density at radius 1 is 1.20 bits per heavy atom. The second-order valence-electron chi connectivity index (χ2n) is 5.10. The predicted molar refractivity (Wildman–Crippen MR) is 84.6 cm³/mol. The van der Waals surface area contributed by atoms with Crippen molar-refractivity contribution in [1.82, 2.24) is 5.32 Å². The number of ether oxygens (including phenoxy) is 2. The van der Waals surface area contributed by atoms with Gasteiger partial charge in [-0.15, -0.1) is 0 Å². The molecule has 0 fully saturated rings. The van der Waals surface area contributed by atoms with E-state index >= 15 is 0 Å². The van der Waals surface area contributed by atoms with Crippen LogP contribution in [0.25, 0.3) is 0 Å². The summed E-state index contributed by atoms with van der Waals surface area (Å²) in [5.74, 6) is 0.877. The quantitative estimate of drug-likeness (QED) is 0.662. The molecule has 0 saturated heterocycles. The fourth-order valence-corrected chi connectivity index (χ4v) is 1.89. The maximum atomic E-state index is 6.04. The van der Waals surface area contributed by atoms with Crippen LogP contribution < -0.4 is 10.1 Å². The second-order valence-corrected chi connectivity index (χ2v) is 5.54. The molecule has 1 rings (SSSR count). The van der Waals surface area contributed by atoms with Crippen molar-refractivity contribution in [2.45, 2.75) is 46.2 Å². The molecule has 0 saturated carbocycles. The largest absolute Gasteiger partial charge is 0.491 e. The minimum Gasteiger partial charge on any atom is -0.491 e. The molecule has 3 nitrogen and oxygen atoms in total. The van der Waals surface area contributed by atoms with Crippen LogP contribution in [-0.4, -0.2) is 25.9 Å². The minimum absolute atomic E-state index is 0.430. The van der Waals surface area contributed by atoms with E-state index in [4.69, 9.17) is 21.1 Å². The zero-order chi connectivity index (χ0) is 14.8. The van der Waals surface area contributed by atoms with Crippen LogP contribution in [-0.2, 0) is 11.3 Å². The summed E-state index contributed by atoms with van der Waals surface area (Å²) < 4.78 is 11.3. The van der Waals surface area contributed by atoms with Crippen LogP contribution in [0.1, 0.15) is 39.2 Å². The molecule has 0 amide bonds. The molecule has 0 atom stereocenters. The first kappa shape index (κ1) is 17.3. The van der Waals surface area contributed by atoms with Gasteiger partial charge < -0.3 is 14.8 Å². The molecule has 0 spiro atoms. The molecule has 0 aliphatic carbocycles. The highest BCUT2D eigenvalue weighted by Gasteiger charge is 2.05. The molecule has 0 unspecified atom stereocenters. The average molecular weight is 300 g/mol. The van der Waals surface area contributed by atoms with Gasteiger partial charge in [0.05, 0.1) is 6.61 Å². The van der Waals surface area contributed by atoms with Crippen molar-refractivity contribution in [2.75, 3.05) is 19.8 Å². The molecular formula is C16H26ClNO2. The van der Waals surface area contributed by atoms with Crippen LogP contribution in [0, 0.1) is 0 Å². The normalized spacial score (nSPS) is 11.1. The summed E-state index contributed by atoms with van der Waals surface area (Å²) in [4.78, 5) is 0. The number of unbranched alkanes of at least 4 members (excludes halogenated alkanes) is 1. The molecule has 4 heteroatoms. The molecular weight excluding hydrogens is 274 g/mol. The lowest BCUT2D eigenvalue weighted by Gasteiger charge is -2.14. The Morgan fingerprint density at radius 3 is 2.70 bits per heavy atom. The van der Waals surface area contributed by atoms with Crippen LogP contribution in [0.2, 0.25) is 5.02 Å². The first-order valence-corrected chi connectivity index (χ1v) is 7.73. The molecule has 0 aliphatic rings. The maximum Gasteiger partial charge on any atom is 0.124 e. The molecule has 1 aromatic carbocycles. The molecule has 0 bridgehead atoms. The number of hydrogen-bond donors (Lipinski definition) is 1. The van der Waals surface area contributed by atoms with Crippen molar-refractivity contribution in [3.8, 4) is 5.75 Å². The van der Waals surface area contributed by atoms with Gasteiger partial charge in [-0.05, 0) is 24.6 Å². The number of benzene rings is 1. The van der Waals surface area contributed by atoms with E-state index in [1.54, 1.807) is 0 Å². The first-order chi connectivity index (χ1) is 9.63. The smallest absolute Gasteiger partial charge is 0.124 e. The van der Waals surface area contributed by atoms with E-state index in [-0.39, 0.29) is 0 Å². The highest BCUT2D eigenvalue weighted by Crippen LogP contribution is 2.23. The van der Waals surface area contributed by atoms with Crippen molar-refractivity contribution in [3.05, 3.63) is 28.8 Å². The molecule has 1 N–H and O–H groups in total. The second kappa shape index (κ2) is 10.0. The Kier molecular flexibility index (Phi) is 8.67. The zero-order valence-corrected chi connectivity index (χ0v) is 13.5. The van der Waals surface area contributed by atoms with E-state index < -0.39 is 0 Å². The van der Waals surface area contributed by atoms with E-state index in [1.165, 1.54) is 0 Å². The van der Waals surface area contributed by atoms with Gasteiger partial charge in [0.1, 0.15) is 12.4 Å². The summed E-state index contributed by atoms with van der Waals surface area (Å²) in [5.41, 5.74) is 1.08. The van der Waals surface area contributed by atoms with E-state index in [0.717, 1.165) is 42.3 Å². The van der Waals surface area contributed by atoms with Crippen molar-refractivity contribution < 1.29 is 9.47 Å². The SMILES string of the molecule is CCCCOCCOc1ccc(Cl)cc1CNC(C)C. The van der Waals surface area contributed by atoms with Gasteiger partial charge in [-0.3, -0.25) is 0 Å². The zero-order valence-electron chi connectivity index (χ0n) is 12.7. The Hall–Kier alpha value is -0.770. The lowest BCUT2D eigenvalue weighted by atomic mass is 10.2. The number of rotatable bonds is 10. The predicted octanol–water partition coefficient (Wildman–Crippen LogP) is 4.03. The fraction of sp³-hybridized carbons (Fsp3) is 0.625. The highest BCUT2D eigenvalue weighted by atomic mass is 35.5. The van der Waals surface area contributed by atoms with Crippen molar-refractivity contribution in [3.63, 3.8) is 0 Å². The van der Waals surface area contributed by atoms with Gasteiger partial charge in [-0.25, -0.2) is 0 Å². The summed E-state index contributed by atoms with van der Waals surface area (Å²) in [6, 6.07) is 6.16. The monoisotopic (exact) mass is 299 g/mol.